The molecule has 3 atom stereocenters. The van der Waals surface area contributed by atoms with Crippen molar-refractivity contribution in [2.75, 3.05) is 32.4 Å². The van der Waals surface area contributed by atoms with E-state index in [0.717, 1.165) is 12.0 Å². The van der Waals surface area contributed by atoms with Crippen LogP contribution < -0.4 is 0 Å². The molecule has 0 unspecified atom stereocenters. The number of ether oxygens (including phenoxy) is 1. The molecule has 1 amide bonds. The predicted octanol–water partition coefficient (Wildman–Crippen LogP) is 3.82. The van der Waals surface area contributed by atoms with Crippen molar-refractivity contribution >= 4 is 15.9 Å². The summed E-state index contributed by atoms with van der Waals surface area (Å²) in [6, 6.07) is 5.43. The maximum absolute atomic E-state index is 14.5. The van der Waals surface area contributed by atoms with E-state index in [9.17, 15) is 22.0 Å². The Balaban J connectivity index is 1.44. The maximum atomic E-state index is 14.5. The Morgan fingerprint density at radius 1 is 1.16 bits per heavy atom. The van der Waals surface area contributed by atoms with E-state index >= 15 is 0 Å². The Morgan fingerprint density at radius 2 is 1.87 bits per heavy atom. The number of hydrogen-bond acceptors (Lipinski definition) is 6. The largest absolute Gasteiger partial charge is 0.355 e. The van der Waals surface area contributed by atoms with Crippen LogP contribution >= 0.6 is 0 Å². The normalized spacial score (nSPS) is 25.7. The Kier molecular flexibility index (Phi) is 6.84. The minimum absolute atomic E-state index is 0.0377. The Hall–Kier alpha value is -2.50. The number of benzene rings is 1. The number of halogens is 2. The molecule has 2 aromatic rings. The lowest BCUT2D eigenvalue weighted by Gasteiger charge is -2.40. The van der Waals surface area contributed by atoms with Gasteiger partial charge in [-0.2, -0.15) is 5.10 Å². The van der Waals surface area contributed by atoms with Crippen molar-refractivity contribution in [3.8, 4) is 11.3 Å². The standard InChI is InChI=1S/C27H34F2N4O4S/c1-5-22(25(34)32-12-7-13-33(15-14-32)38(4,35)36)37-27-11-10-18(26(27,2)3)17-16-21(30-31-24(17)27)23-19(28)8-6-9-20(23)29/h6,8-9,16,18,22H,5,7,10-15H2,1-4H3/t18-,22+,27-/m0/s1. The molecule has 0 N–H and O–H groups in total. The lowest BCUT2D eigenvalue weighted by Crippen LogP contribution is -2.48. The molecule has 1 aliphatic heterocycles. The number of rotatable bonds is 6. The fourth-order valence-corrected chi connectivity index (χ4v) is 7.47. The number of carbonyl (C=O) groups is 1. The van der Waals surface area contributed by atoms with Crippen molar-refractivity contribution in [1.82, 2.24) is 19.4 Å². The summed E-state index contributed by atoms with van der Waals surface area (Å²) >= 11 is 0. The molecule has 8 nitrogen and oxygen atoms in total. The summed E-state index contributed by atoms with van der Waals surface area (Å²) in [7, 11) is -3.33. The first-order valence-corrected chi connectivity index (χ1v) is 15.0. The highest BCUT2D eigenvalue weighted by molar-refractivity contribution is 7.88. The van der Waals surface area contributed by atoms with Gasteiger partial charge in [0.2, 0.25) is 10.0 Å². The lowest BCUT2D eigenvalue weighted by molar-refractivity contribution is -0.176. The molecular formula is C27H34F2N4O4S. The number of aromatic nitrogens is 2. The van der Waals surface area contributed by atoms with Crippen molar-refractivity contribution in [3.05, 3.63) is 47.2 Å². The van der Waals surface area contributed by atoms with Crippen molar-refractivity contribution < 1.29 is 26.7 Å². The SMILES string of the molecule is CC[C@@H](O[C@@]12CC[C@@H](c3cc(-c4c(F)cccc4F)nnc31)C2(C)C)C(=O)N1CCCN(S(C)(=O)=O)CC1. The van der Waals surface area contributed by atoms with Crippen LogP contribution in [0.15, 0.2) is 24.3 Å². The van der Waals surface area contributed by atoms with E-state index in [2.05, 4.69) is 24.0 Å². The van der Waals surface area contributed by atoms with E-state index in [1.165, 1.54) is 28.8 Å². The van der Waals surface area contributed by atoms with Gasteiger partial charge >= 0.3 is 0 Å². The van der Waals surface area contributed by atoms with Gasteiger partial charge < -0.3 is 9.64 Å². The summed E-state index contributed by atoms with van der Waals surface area (Å²) in [6.45, 7) is 7.46. The smallest absolute Gasteiger partial charge is 0.251 e. The highest BCUT2D eigenvalue weighted by atomic mass is 32.2. The number of nitrogens with zero attached hydrogens (tertiary/aromatic N) is 4. The molecule has 5 rings (SSSR count). The third kappa shape index (κ3) is 4.23. The molecular weight excluding hydrogens is 514 g/mol. The van der Waals surface area contributed by atoms with Gasteiger partial charge in [0.15, 0.2) is 0 Å². The Morgan fingerprint density at radius 3 is 2.53 bits per heavy atom. The summed E-state index contributed by atoms with van der Waals surface area (Å²) in [5.41, 5.74) is 0.133. The van der Waals surface area contributed by atoms with E-state index in [1.807, 2.05) is 6.92 Å². The topological polar surface area (TPSA) is 92.7 Å². The molecule has 206 valence electrons. The van der Waals surface area contributed by atoms with Crippen molar-refractivity contribution in [2.45, 2.75) is 64.1 Å². The first kappa shape index (κ1) is 27.1. The molecule has 1 aromatic heterocycles. The Labute approximate surface area is 222 Å². The van der Waals surface area contributed by atoms with Crippen molar-refractivity contribution in [2.24, 2.45) is 5.41 Å². The Bertz CT molecular complexity index is 1350. The van der Waals surface area contributed by atoms with E-state index in [1.54, 1.807) is 11.0 Å². The number of fused-ring (bicyclic) bond motifs is 5. The first-order valence-electron chi connectivity index (χ1n) is 13.1. The van der Waals surface area contributed by atoms with Crippen LogP contribution in [-0.4, -0.2) is 72.3 Å². The summed E-state index contributed by atoms with van der Waals surface area (Å²) in [5.74, 6) is -1.52. The van der Waals surface area contributed by atoms with Gasteiger partial charge in [-0.25, -0.2) is 21.5 Å². The lowest BCUT2D eigenvalue weighted by atomic mass is 9.77. The molecule has 3 aliphatic rings. The van der Waals surface area contributed by atoms with Gasteiger partial charge in [0, 0.05) is 31.6 Å². The fraction of sp³-hybridized carbons (Fsp3) is 0.593. The number of carbonyl (C=O) groups excluding carboxylic acids is 1. The van der Waals surface area contributed by atoms with Gasteiger partial charge in [0.05, 0.1) is 23.2 Å². The maximum Gasteiger partial charge on any atom is 0.251 e. The van der Waals surface area contributed by atoms with Gasteiger partial charge in [-0.05, 0) is 55.4 Å². The van der Waals surface area contributed by atoms with Crippen LogP contribution in [0.5, 0.6) is 0 Å². The van der Waals surface area contributed by atoms with Crippen LogP contribution in [-0.2, 0) is 25.2 Å². The molecule has 1 aromatic carbocycles. The highest BCUT2D eigenvalue weighted by Gasteiger charge is 2.65. The minimum Gasteiger partial charge on any atom is -0.355 e. The highest BCUT2D eigenvalue weighted by Crippen LogP contribution is 2.68. The van der Waals surface area contributed by atoms with Crippen LogP contribution in [0.1, 0.15) is 63.6 Å². The number of amides is 1. The third-order valence-corrected chi connectivity index (χ3v) is 10.0. The van der Waals surface area contributed by atoms with Crippen LogP contribution in [0.4, 0.5) is 8.78 Å². The van der Waals surface area contributed by atoms with Crippen LogP contribution in [0.25, 0.3) is 11.3 Å². The molecule has 1 saturated heterocycles. The molecule has 11 heteroatoms. The summed E-state index contributed by atoms with van der Waals surface area (Å²) in [5, 5.41) is 8.69. The van der Waals surface area contributed by atoms with E-state index in [4.69, 9.17) is 4.74 Å². The average Bonchev–Trinajstić information content (AvgIpc) is 3.07. The second kappa shape index (κ2) is 9.60. The summed E-state index contributed by atoms with van der Waals surface area (Å²) in [6.07, 6.45) is 2.89. The van der Waals surface area contributed by atoms with E-state index in [-0.39, 0.29) is 29.6 Å². The molecule has 1 saturated carbocycles. The second-order valence-corrected chi connectivity index (χ2v) is 13.1. The second-order valence-electron chi connectivity index (χ2n) is 11.1. The fourth-order valence-electron chi connectivity index (χ4n) is 6.60. The molecule has 0 radical (unpaired) electrons. The van der Waals surface area contributed by atoms with Gasteiger partial charge in [-0.1, -0.05) is 26.8 Å². The zero-order valence-corrected chi connectivity index (χ0v) is 23.0. The van der Waals surface area contributed by atoms with Crippen molar-refractivity contribution in [3.63, 3.8) is 0 Å². The quantitative estimate of drug-likeness (QED) is 0.545. The number of sulfonamides is 1. The third-order valence-electron chi connectivity index (χ3n) is 8.72. The molecule has 2 bridgehead atoms. The van der Waals surface area contributed by atoms with Gasteiger partial charge in [0.25, 0.3) is 5.91 Å². The predicted molar refractivity (Wildman–Crippen MR) is 138 cm³/mol. The summed E-state index contributed by atoms with van der Waals surface area (Å²) in [4.78, 5) is 15.3. The van der Waals surface area contributed by atoms with Crippen LogP contribution in [0.3, 0.4) is 0 Å². The molecule has 2 aliphatic carbocycles. The molecule has 2 fully saturated rings. The first-order chi connectivity index (χ1) is 17.9. The van der Waals surface area contributed by atoms with E-state index < -0.39 is 38.8 Å². The van der Waals surface area contributed by atoms with Crippen molar-refractivity contribution in [1.29, 1.82) is 0 Å². The monoisotopic (exact) mass is 548 g/mol. The zero-order valence-electron chi connectivity index (χ0n) is 22.2. The van der Waals surface area contributed by atoms with Gasteiger partial charge in [-0.15, -0.1) is 5.10 Å². The molecule has 0 spiro atoms. The van der Waals surface area contributed by atoms with Crippen LogP contribution in [0, 0.1) is 17.0 Å². The summed E-state index contributed by atoms with van der Waals surface area (Å²) < 4.78 is 61.2. The number of hydrogen-bond donors (Lipinski definition) is 0. The zero-order chi connectivity index (χ0) is 27.5. The van der Waals surface area contributed by atoms with Gasteiger partial charge in [-0.3, -0.25) is 4.79 Å². The minimum atomic E-state index is -3.33. The molecule has 2 heterocycles. The van der Waals surface area contributed by atoms with Crippen LogP contribution in [0.2, 0.25) is 0 Å². The molecule has 38 heavy (non-hydrogen) atoms. The van der Waals surface area contributed by atoms with E-state index in [0.29, 0.717) is 44.6 Å². The average molecular weight is 549 g/mol. The van der Waals surface area contributed by atoms with Gasteiger partial charge in [0.1, 0.15) is 23.3 Å².